The molecule has 19 heavy (non-hydrogen) atoms. The number of carbonyl (C=O) groups excluding carboxylic acids is 2. The van der Waals surface area contributed by atoms with E-state index in [9.17, 15) is 9.59 Å². The number of hydrogen-bond acceptors (Lipinski definition) is 3. The van der Waals surface area contributed by atoms with Gasteiger partial charge in [-0.2, -0.15) is 5.26 Å². The van der Waals surface area contributed by atoms with Crippen LogP contribution >= 0.6 is 11.6 Å². The Morgan fingerprint density at radius 3 is 2.79 bits per heavy atom. The van der Waals surface area contributed by atoms with Gasteiger partial charge < -0.3 is 4.90 Å². The van der Waals surface area contributed by atoms with Crippen LogP contribution in [0.4, 0.5) is 5.69 Å². The highest BCUT2D eigenvalue weighted by Gasteiger charge is 2.38. The fraction of sp³-hybridized carbons (Fsp3) is 0.357. The molecule has 1 heterocycles. The van der Waals surface area contributed by atoms with Crippen molar-refractivity contribution in [3.63, 3.8) is 0 Å². The number of amides is 1. The fourth-order valence-corrected chi connectivity index (χ4v) is 2.52. The number of benzene rings is 1. The number of halogens is 1. The van der Waals surface area contributed by atoms with Crippen molar-refractivity contribution in [2.24, 2.45) is 0 Å². The van der Waals surface area contributed by atoms with Crippen LogP contribution in [0, 0.1) is 11.3 Å². The lowest BCUT2D eigenvalue weighted by atomic mass is 10.1. The number of carbonyl (C=O) groups is 2. The Bertz CT molecular complexity index is 577. The van der Waals surface area contributed by atoms with Crippen molar-refractivity contribution in [3.8, 4) is 6.07 Å². The molecular weight excluding hydrogens is 264 g/mol. The monoisotopic (exact) mass is 276 g/mol. The molecule has 1 aliphatic heterocycles. The number of nitriles is 1. The summed E-state index contributed by atoms with van der Waals surface area (Å²) in [4.78, 5) is 25.3. The van der Waals surface area contributed by atoms with E-state index < -0.39 is 6.04 Å². The Balaban J connectivity index is 2.39. The minimum absolute atomic E-state index is 0.0488. The van der Waals surface area contributed by atoms with Gasteiger partial charge in [-0.15, -0.1) is 0 Å². The molecule has 2 rings (SSSR count). The van der Waals surface area contributed by atoms with E-state index >= 15 is 0 Å². The summed E-state index contributed by atoms with van der Waals surface area (Å²) in [5.41, 5.74) is 0.939. The Morgan fingerprint density at radius 2 is 2.21 bits per heavy atom. The first kappa shape index (κ1) is 13.6. The van der Waals surface area contributed by atoms with Crippen molar-refractivity contribution < 1.29 is 9.59 Å². The van der Waals surface area contributed by atoms with E-state index in [1.165, 1.54) is 4.90 Å². The second-order valence-corrected chi connectivity index (χ2v) is 4.89. The average Bonchev–Trinajstić information content (AvgIpc) is 2.65. The van der Waals surface area contributed by atoms with E-state index in [1.807, 2.05) is 13.0 Å². The molecule has 0 radical (unpaired) electrons. The number of rotatable bonds is 3. The van der Waals surface area contributed by atoms with Crippen LogP contribution in [0.1, 0.15) is 31.7 Å². The maximum atomic E-state index is 11.9. The molecule has 1 fully saturated rings. The molecular formula is C14H13ClN2O2. The van der Waals surface area contributed by atoms with Crippen molar-refractivity contribution in [2.45, 2.75) is 32.2 Å². The predicted molar refractivity (Wildman–Crippen MR) is 72.0 cm³/mol. The van der Waals surface area contributed by atoms with E-state index in [2.05, 4.69) is 0 Å². The molecule has 1 saturated heterocycles. The smallest absolute Gasteiger partial charge is 0.235 e. The summed E-state index contributed by atoms with van der Waals surface area (Å²) < 4.78 is 0. The van der Waals surface area contributed by atoms with Crippen LogP contribution in [-0.2, 0) is 9.59 Å². The van der Waals surface area contributed by atoms with Crippen LogP contribution in [-0.4, -0.2) is 17.7 Å². The second-order valence-electron chi connectivity index (χ2n) is 4.49. The van der Waals surface area contributed by atoms with Crippen LogP contribution in [0.2, 0.25) is 5.02 Å². The van der Waals surface area contributed by atoms with Gasteiger partial charge in [0.1, 0.15) is 6.07 Å². The Labute approximate surface area is 116 Å². The van der Waals surface area contributed by atoms with E-state index in [0.29, 0.717) is 22.7 Å². The van der Waals surface area contributed by atoms with Crippen molar-refractivity contribution >= 4 is 29.0 Å². The van der Waals surface area contributed by atoms with E-state index in [1.54, 1.807) is 18.2 Å². The van der Waals surface area contributed by atoms with Crippen molar-refractivity contribution in [2.75, 3.05) is 4.90 Å². The third kappa shape index (κ3) is 2.47. The van der Waals surface area contributed by atoms with E-state index in [0.717, 1.165) is 6.42 Å². The topological polar surface area (TPSA) is 61.2 Å². The molecule has 98 valence electrons. The quantitative estimate of drug-likeness (QED) is 0.798. The minimum atomic E-state index is -0.401. The van der Waals surface area contributed by atoms with Crippen molar-refractivity contribution in [1.29, 1.82) is 5.26 Å². The number of anilines is 1. The molecule has 1 aromatic carbocycles. The van der Waals surface area contributed by atoms with Crippen LogP contribution in [0.25, 0.3) is 0 Å². The van der Waals surface area contributed by atoms with Gasteiger partial charge in [-0.05, 0) is 24.6 Å². The highest BCUT2D eigenvalue weighted by atomic mass is 35.5. The number of ketones is 1. The summed E-state index contributed by atoms with van der Waals surface area (Å²) in [5.74, 6) is -0.253. The lowest BCUT2D eigenvalue weighted by molar-refractivity contribution is -0.121. The Morgan fingerprint density at radius 1 is 1.47 bits per heavy atom. The van der Waals surface area contributed by atoms with Crippen molar-refractivity contribution in [3.05, 3.63) is 28.8 Å². The van der Waals surface area contributed by atoms with Crippen LogP contribution in [0.15, 0.2) is 18.2 Å². The van der Waals surface area contributed by atoms with Gasteiger partial charge in [-0.25, -0.2) is 0 Å². The predicted octanol–water partition coefficient (Wildman–Crippen LogP) is 2.69. The molecule has 0 bridgehead atoms. The van der Waals surface area contributed by atoms with E-state index in [-0.39, 0.29) is 18.1 Å². The summed E-state index contributed by atoms with van der Waals surface area (Å²) in [6, 6.07) is 6.36. The minimum Gasteiger partial charge on any atom is -0.301 e. The fourth-order valence-electron chi connectivity index (χ4n) is 2.30. The van der Waals surface area contributed by atoms with E-state index in [4.69, 9.17) is 16.9 Å². The zero-order valence-electron chi connectivity index (χ0n) is 10.5. The molecule has 1 unspecified atom stereocenters. The van der Waals surface area contributed by atoms with Crippen LogP contribution < -0.4 is 4.90 Å². The van der Waals surface area contributed by atoms with Gasteiger partial charge in [0.25, 0.3) is 0 Å². The molecule has 1 amide bonds. The first-order valence-electron chi connectivity index (χ1n) is 6.13. The SMILES string of the molecule is CCCC1C(=O)CC(=O)N1c1ccc(C#N)c(Cl)c1. The third-order valence-corrected chi connectivity index (χ3v) is 3.50. The zero-order valence-corrected chi connectivity index (χ0v) is 11.3. The average molecular weight is 277 g/mol. The second kappa shape index (κ2) is 5.41. The number of hydrogen-bond donors (Lipinski definition) is 0. The molecule has 0 aromatic heterocycles. The van der Waals surface area contributed by atoms with Crippen LogP contribution in [0.3, 0.4) is 0 Å². The molecule has 1 aromatic rings. The molecule has 5 heteroatoms. The lowest BCUT2D eigenvalue weighted by Crippen LogP contribution is -2.35. The van der Waals surface area contributed by atoms with Gasteiger partial charge in [-0.1, -0.05) is 24.9 Å². The van der Waals surface area contributed by atoms with Gasteiger partial charge in [0.05, 0.1) is 23.0 Å². The van der Waals surface area contributed by atoms with Gasteiger partial charge in [0, 0.05) is 5.69 Å². The Hall–Kier alpha value is -1.86. The summed E-state index contributed by atoms with van der Waals surface area (Å²) >= 11 is 5.97. The lowest BCUT2D eigenvalue weighted by Gasteiger charge is -2.23. The third-order valence-electron chi connectivity index (χ3n) is 3.19. The van der Waals surface area contributed by atoms with Crippen LogP contribution in [0.5, 0.6) is 0 Å². The summed E-state index contributed by atoms with van der Waals surface area (Å²) in [5, 5.41) is 9.13. The number of Topliss-reactive ketones (excluding diaryl/α,β-unsaturated/α-hetero) is 1. The molecule has 1 aliphatic rings. The van der Waals surface area contributed by atoms with Gasteiger partial charge >= 0.3 is 0 Å². The van der Waals surface area contributed by atoms with Crippen molar-refractivity contribution in [1.82, 2.24) is 0 Å². The normalized spacial score (nSPS) is 18.8. The highest BCUT2D eigenvalue weighted by Crippen LogP contribution is 2.30. The Kier molecular flexibility index (Phi) is 3.87. The molecule has 0 spiro atoms. The molecule has 1 atom stereocenters. The first-order chi connectivity index (χ1) is 9.08. The highest BCUT2D eigenvalue weighted by molar-refractivity contribution is 6.32. The largest absolute Gasteiger partial charge is 0.301 e. The summed E-state index contributed by atoms with van der Waals surface area (Å²) in [6.45, 7) is 1.97. The maximum absolute atomic E-state index is 11.9. The standard InChI is InChI=1S/C14H13ClN2O2/c1-2-3-12-13(18)7-14(19)17(12)10-5-4-9(8-16)11(15)6-10/h4-6,12H,2-3,7H2,1H3. The maximum Gasteiger partial charge on any atom is 0.235 e. The summed E-state index contributed by atoms with van der Waals surface area (Å²) in [6.07, 6.45) is 1.41. The molecule has 0 N–H and O–H groups in total. The molecule has 0 aliphatic carbocycles. The van der Waals surface area contributed by atoms with Gasteiger partial charge in [0.2, 0.25) is 5.91 Å². The first-order valence-corrected chi connectivity index (χ1v) is 6.50. The zero-order chi connectivity index (χ0) is 14.0. The molecule has 0 saturated carbocycles. The molecule has 4 nitrogen and oxygen atoms in total. The summed E-state index contributed by atoms with van der Waals surface area (Å²) in [7, 11) is 0. The van der Waals surface area contributed by atoms with Gasteiger partial charge in [-0.3, -0.25) is 9.59 Å². The van der Waals surface area contributed by atoms with Gasteiger partial charge in [0.15, 0.2) is 5.78 Å². The number of nitrogens with zero attached hydrogens (tertiary/aromatic N) is 2.